The minimum Gasteiger partial charge on any atom is -0.390 e. The molecule has 0 bridgehead atoms. The van der Waals surface area contributed by atoms with E-state index in [4.69, 9.17) is 0 Å². The van der Waals surface area contributed by atoms with E-state index in [1.165, 1.54) is 5.56 Å². The number of rotatable bonds is 11. The molecule has 0 aliphatic heterocycles. The molecule has 0 aliphatic carbocycles. The Morgan fingerprint density at radius 3 is 2.27 bits per heavy atom. The molecule has 0 saturated carbocycles. The predicted molar refractivity (Wildman–Crippen MR) is 94.0 cm³/mol. The number of unbranched alkanes of at least 4 members (excludes halogenated alkanes) is 1. The topological polar surface area (TPSA) is 40.5 Å². The summed E-state index contributed by atoms with van der Waals surface area (Å²) in [6.07, 6.45) is 8.11. The number of hydrogen-bond donors (Lipinski definition) is 2. The highest BCUT2D eigenvalue weighted by Gasteiger charge is 2.24. The van der Waals surface area contributed by atoms with Crippen LogP contribution in [0.25, 0.3) is 0 Å². The maximum absolute atomic E-state index is 10.7. The molecule has 0 heterocycles. The van der Waals surface area contributed by atoms with Crippen LogP contribution in [-0.2, 0) is 6.42 Å². The fourth-order valence-corrected chi connectivity index (χ4v) is 3.20. The molecule has 2 heteroatoms. The summed E-state index contributed by atoms with van der Waals surface area (Å²) < 4.78 is 0. The monoisotopic (exact) mass is 306 g/mol. The minimum atomic E-state index is -0.527. The number of aliphatic hydroxyl groups excluding tert-OH is 1. The molecule has 0 radical (unpaired) electrons. The van der Waals surface area contributed by atoms with Gasteiger partial charge in [-0.3, -0.25) is 0 Å². The Morgan fingerprint density at radius 1 is 1.00 bits per heavy atom. The molecule has 126 valence electrons. The standard InChI is InChI=1S/C20H34O2/c1-4-7-11-19(21)18-10-8-9-17(16-18)12-15-20(22,13-5-2)14-6-3/h8-10,16,19,21-22H,4-7,11-15H2,1-3H3. The van der Waals surface area contributed by atoms with Gasteiger partial charge >= 0.3 is 0 Å². The highest BCUT2D eigenvalue weighted by Crippen LogP contribution is 2.26. The Kier molecular flexibility index (Phi) is 8.74. The van der Waals surface area contributed by atoms with Gasteiger partial charge in [-0.1, -0.05) is 70.7 Å². The van der Waals surface area contributed by atoms with Gasteiger partial charge in [0, 0.05) is 0 Å². The molecule has 0 aromatic heterocycles. The summed E-state index contributed by atoms with van der Waals surface area (Å²) >= 11 is 0. The van der Waals surface area contributed by atoms with E-state index in [1.54, 1.807) is 0 Å². The Balaban J connectivity index is 2.65. The van der Waals surface area contributed by atoms with Crippen molar-refractivity contribution in [3.05, 3.63) is 35.4 Å². The second kappa shape index (κ2) is 10.0. The van der Waals surface area contributed by atoms with Gasteiger partial charge in [0.25, 0.3) is 0 Å². The van der Waals surface area contributed by atoms with Gasteiger partial charge in [-0.25, -0.2) is 0 Å². The van der Waals surface area contributed by atoms with Crippen molar-refractivity contribution in [1.82, 2.24) is 0 Å². The van der Waals surface area contributed by atoms with Gasteiger partial charge in [0.2, 0.25) is 0 Å². The Hall–Kier alpha value is -0.860. The molecule has 1 rings (SSSR count). The lowest BCUT2D eigenvalue weighted by Gasteiger charge is -2.27. The highest BCUT2D eigenvalue weighted by atomic mass is 16.3. The van der Waals surface area contributed by atoms with Crippen molar-refractivity contribution in [3.63, 3.8) is 0 Å². The van der Waals surface area contributed by atoms with Gasteiger partial charge in [0.15, 0.2) is 0 Å². The summed E-state index contributed by atoms with van der Waals surface area (Å²) in [5, 5.41) is 20.9. The van der Waals surface area contributed by atoms with E-state index in [1.807, 2.05) is 12.1 Å². The van der Waals surface area contributed by atoms with Crippen LogP contribution in [0.15, 0.2) is 24.3 Å². The Bertz CT molecular complexity index is 408. The molecule has 1 aromatic rings. The molecule has 1 unspecified atom stereocenters. The summed E-state index contributed by atoms with van der Waals surface area (Å²) in [7, 11) is 0. The van der Waals surface area contributed by atoms with Crippen LogP contribution in [0.3, 0.4) is 0 Å². The van der Waals surface area contributed by atoms with E-state index in [2.05, 4.69) is 32.9 Å². The first-order valence-electron chi connectivity index (χ1n) is 9.04. The number of benzene rings is 1. The lowest BCUT2D eigenvalue weighted by Crippen LogP contribution is -2.28. The van der Waals surface area contributed by atoms with Gasteiger partial charge in [-0.15, -0.1) is 0 Å². The van der Waals surface area contributed by atoms with Gasteiger partial charge in [-0.2, -0.15) is 0 Å². The maximum atomic E-state index is 10.7. The minimum absolute atomic E-state index is 0.356. The summed E-state index contributed by atoms with van der Waals surface area (Å²) in [4.78, 5) is 0. The van der Waals surface area contributed by atoms with Gasteiger partial charge in [0.05, 0.1) is 11.7 Å². The average Bonchev–Trinajstić information content (AvgIpc) is 2.51. The summed E-state index contributed by atoms with van der Waals surface area (Å²) in [6, 6.07) is 8.25. The van der Waals surface area contributed by atoms with Crippen LogP contribution in [0.5, 0.6) is 0 Å². The lowest BCUT2D eigenvalue weighted by atomic mass is 9.86. The number of aryl methyl sites for hydroxylation is 1. The fraction of sp³-hybridized carbons (Fsp3) is 0.700. The summed E-state index contributed by atoms with van der Waals surface area (Å²) in [5.41, 5.74) is 1.71. The van der Waals surface area contributed by atoms with Crippen molar-refractivity contribution >= 4 is 0 Å². The zero-order chi connectivity index (χ0) is 16.4. The zero-order valence-electron chi connectivity index (χ0n) is 14.6. The van der Waals surface area contributed by atoms with E-state index in [0.717, 1.165) is 63.4 Å². The normalized spacial score (nSPS) is 13.3. The third-order valence-corrected chi connectivity index (χ3v) is 4.48. The molecule has 0 amide bonds. The van der Waals surface area contributed by atoms with Crippen molar-refractivity contribution in [2.24, 2.45) is 0 Å². The van der Waals surface area contributed by atoms with E-state index >= 15 is 0 Å². The molecule has 0 aliphatic rings. The van der Waals surface area contributed by atoms with Crippen molar-refractivity contribution < 1.29 is 10.2 Å². The predicted octanol–water partition coefficient (Wildman–Crippen LogP) is 5.17. The zero-order valence-corrected chi connectivity index (χ0v) is 14.6. The van der Waals surface area contributed by atoms with E-state index < -0.39 is 5.60 Å². The maximum Gasteiger partial charge on any atom is 0.0790 e. The molecule has 0 spiro atoms. The first-order valence-corrected chi connectivity index (χ1v) is 9.04. The third-order valence-electron chi connectivity index (χ3n) is 4.48. The Morgan fingerprint density at radius 2 is 1.68 bits per heavy atom. The van der Waals surface area contributed by atoms with E-state index in [0.29, 0.717) is 0 Å². The second-order valence-corrected chi connectivity index (χ2v) is 6.63. The fourth-order valence-electron chi connectivity index (χ4n) is 3.20. The lowest BCUT2D eigenvalue weighted by molar-refractivity contribution is 0.0132. The largest absolute Gasteiger partial charge is 0.390 e. The molecule has 0 saturated heterocycles. The van der Waals surface area contributed by atoms with E-state index in [-0.39, 0.29) is 6.10 Å². The molecule has 1 atom stereocenters. The second-order valence-electron chi connectivity index (χ2n) is 6.63. The van der Waals surface area contributed by atoms with Crippen LogP contribution in [0.1, 0.15) is 89.4 Å². The van der Waals surface area contributed by atoms with Gasteiger partial charge in [0.1, 0.15) is 0 Å². The van der Waals surface area contributed by atoms with E-state index in [9.17, 15) is 10.2 Å². The van der Waals surface area contributed by atoms with Crippen molar-refractivity contribution in [2.75, 3.05) is 0 Å². The highest BCUT2D eigenvalue weighted by molar-refractivity contribution is 5.25. The van der Waals surface area contributed by atoms with Crippen LogP contribution in [0, 0.1) is 0 Å². The molecule has 22 heavy (non-hydrogen) atoms. The first kappa shape index (κ1) is 19.2. The van der Waals surface area contributed by atoms with Crippen LogP contribution in [0.2, 0.25) is 0 Å². The third kappa shape index (κ3) is 6.50. The molecule has 2 N–H and O–H groups in total. The van der Waals surface area contributed by atoms with Crippen LogP contribution in [0.4, 0.5) is 0 Å². The van der Waals surface area contributed by atoms with Crippen molar-refractivity contribution in [3.8, 4) is 0 Å². The molecule has 0 fully saturated rings. The van der Waals surface area contributed by atoms with Gasteiger partial charge in [-0.05, 0) is 43.2 Å². The SMILES string of the molecule is CCCCC(O)c1cccc(CCC(O)(CCC)CCC)c1. The first-order chi connectivity index (χ1) is 10.5. The van der Waals surface area contributed by atoms with Crippen LogP contribution < -0.4 is 0 Å². The summed E-state index contributed by atoms with van der Waals surface area (Å²) in [6.45, 7) is 6.40. The van der Waals surface area contributed by atoms with Gasteiger partial charge < -0.3 is 10.2 Å². The molecular formula is C20H34O2. The quantitative estimate of drug-likeness (QED) is 0.592. The smallest absolute Gasteiger partial charge is 0.0790 e. The number of aliphatic hydroxyl groups is 2. The molecule has 2 nitrogen and oxygen atoms in total. The number of hydrogen-bond acceptors (Lipinski definition) is 2. The van der Waals surface area contributed by atoms with Crippen LogP contribution >= 0.6 is 0 Å². The Labute approximate surface area is 136 Å². The average molecular weight is 306 g/mol. The van der Waals surface area contributed by atoms with Crippen molar-refractivity contribution in [2.45, 2.75) is 90.3 Å². The summed E-state index contributed by atoms with van der Waals surface area (Å²) in [5.74, 6) is 0. The molecular weight excluding hydrogens is 272 g/mol. The van der Waals surface area contributed by atoms with Crippen molar-refractivity contribution in [1.29, 1.82) is 0 Å². The molecule has 1 aromatic carbocycles. The van der Waals surface area contributed by atoms with Crippen LogP contribution in [-0.4, -0.2) is 15.8 Å².